The highest BCUT2D eigenvalue weighted by Gasteiger charge is 2.42. The summed E-state index contributed by atoms with van der Waals surface area (Å²) < 4.78 is 26.8. The molecule has 0 bridgehead atoms. The number of imide groups is 1. The molecule has 3 aromatic rings. The van der Waals surface area contributed by atoms with Gasteiger partial charge in [-0.05, 0) is 61.6 Å². The second kappa shape index (κ2) is 9.90. The minimum absolute atomic E-state index is 0.108. The van der Waals surface area contributed by atoms with Crippen molar-refractivity contribution in [3.8, 4) is 0 Å². The van der Waals surface area contributed by atoms with Gasteiger partial charge in [0, 0.05) is 18.2 Å². The van der Waals surface area contributed by atoms with Crippen molar-refractivity contribution in [1.29, 1.82) is 0 Å². The van der Waals surface area contributed by atoms with Gasteiger partial charge in [0.25, 0.3) is 5.91 Å². The molecule has 5 rings (SSSR count). The summed E-state index contributed by atoms with van der Waals surface area (Å²) in [5.41, 5.74) is 3.66. The fraction of sp³-hybridized carbons (Fsp3) is 0.310. The Kier molecular flexibility index (Phi) is 6.67. The van der Waals surface area contributed by atoms with E-state index in [1.165, 1.54) is 12.1 Å². The van der Waals surface area contributed by atoms with E-state index < -0.39 is 33.6 Å². The molecule has 1 aliphatic carbocycles. The third-order valence-corrected chi connectivity index (χ3v) is 8.86. The van der Waals surface area contributed by atoms with Gasteiger partial charge in [-0.3, -0.25) is 14.5 Å². The maximum Gasteiger partial charge on any atom is 0.257 e. The molecule has 0 N–H and O–H groups in total. The van der Waals surface area contributed by atoms with Gasteiger partial charge >= 0.3 is 0 Å². The van der Waals surface area contributed by atoms with Crippen molar-refractivity contribution in [2.45, 2.75) is 43.5 Å². The first kappa shape index (κ1) is 24.3. The van der Waals surface area contributed by atoms with Gasteiger partial charge in [-0.15, -0.1) is 0 Å². The van der Waals surface area contributed by atoms with Gasteiger partial charge in [0.2, 0.25) is 5.91 Å². The highest BCUT2D eigenvalue weighted by molar-refractivity contribution is 7.91. The molecule has 36 heavy (non-hydrogen) atoms. The van der Waals surface area contributed by atoms with Crippen LogP contribution in [0, 0.1) is 12.8 Å². The average Bonchev–Trinajstić information content (AvgIpc) is 2.86. The van der Waals surface area contributed by atoms with E-state index in [2.05, 4.69) is 0 Å². The van der Waals surface area contributed by atoms with E-state index in [0.29, 0.717) is 19.4 Å². The third-order valence-electron chi connectivity index (χ3n) is 7.27. The molecule has 7 heteroatoms. The molecular weight excluding hydrogens is 472 g/mol. The molecule has 3 aromatic carbocycles. The van der Waals surface area contributed by atoms with Crippen LogP contribution in [0.15, 0.2) is 83.8 Å². The van der Waals surface area contributed by atoms with E-state index in [-0.39, 0.29) is 10.8 Å². The fourth-order valence-electron chi connectivity index (χ4n) is 4.98. The van der Waals surface area contributed by atoms with Crippen LogP contribution in [0.1, 0.15) is 42.0 Å². The van der Waals surface area contributed by atoms with E-state index in [1.807, 2.05) is 66.4 Å². The van der Waals surface area contributed by atoms with Crippen molar-refractivity contribution in [1.82, 2.24) is 4.90 Å². The number of benzene rings is 3. The highest BCUT2D eigenvalue weighted by atomic mass is 32.2. The van der Waals surface area contributed by atoms with Gasteiger partial charge in [0.05, 0.1) is 4.90 Å². The molecule has 1 atom stereocenters. The topological polar surface area (TPSA) is 74.8 Å². The number of nitrogens with zero attached hydrogens (tertiary/aromatic N) is 2. The zero-order chi connectivity index (χ0) is 25.3. The average molecular weight is 503 g/mol. The van der Waals surface area contributed by atoms with E-state index in [4.69, 9.17) is 0 Å². The Hall–Kier alpha value is -3.45. The van der Waals surface area contributed by atoms with E-state index in [9.17, 15) is 18.0 Å². The molecule has 1 aliphatic heterocycles. The van der Waals surface area contributed by atoms with Crippen molar-refractivity contribution >= 4 is 27.3 Å². The molecular formula is C29H30N2O4S. The standard InChI is InChI=1S/C29H30N2O4S/c1-21-14-16-25(17-15-21)36(34,35)20-31(28(32)23-9-7-10-23)29(33)27-26-13-6-5-8-22(26)18-19-30(27)24-11-3-2-4-12-24/h2-6,8,11-17,23,27H,7,9-10,18-20H2,1H3. The van der Waals surface area contributed by atoms with Crippen LogP contribution in [-0.4, -0.2) is 37.6 Å². The summed E-state index contributed by atoms with van der Waals surface area (Å²) >= 11 is 0. The predicted octanol–water partition coefficient (Wildman–Crippen LogP) is 4.69. The molecule has 2 amide bonds. The summed E-state index contributed by atoms with van der Waals surface area (Å²) in [5, 5.41) is 0. The van der Waals surface area contributed by atoms with Crippen molar-refractivity contribution in [2.24, 2.45) is 5.92 Å². The van der Waals surface area contributed by atoms with Crippen LogP contribution in [0.3, 0.4) is 0 Å². The Morgan fingerprint density at radius 3 is 2.22 bits per heavy atom. The second-order valence-electron chi connectivity index (χ2n) is 9.67. The van der Waals surface area contributed by atoms with Gasteiger partial charge in [-0.1, -0.05) is 66.6 Å². The summed E-state index contributed by atoms with van der Waals surface area (Å²) in [4.78, 5) is 31.0. The molecule has 0 radical (unpaired) electrons. The van der Waals surface area contributed by atoms with Crippen LogP contribution in [-0.2, 0) is 25.8 Å². The minimum Gasteiger partial charge on any atom is -0.356 e. The summed E-state index contributed by atoms with van der Waals surface area (Å²) in [6.07, 6.45) is 3.02. The van der Waals surface area contributed by atoms with Gasteiger partial charge in [-0.2, -0.15) is 0 Å². The molecule has 0 spiro atoms. The van der Waals surface area contributed by atoms with Crippen LogP contribution in [0.4, 0.5) is 5.69 Å². The van der Waals surface area contributed by atoms with Crippen LogP contribution in [0.2, 0.25) is 0 Å². The van der Waals surface area contributed by atoms with Crippen molar-refractivity contribution in [3.05, 3.63) is 95.6 Å². The lowest BCUT2D eigenvalue weighted by Gasteiger charge is -2.41. The molecule has 6 nitrogen and oxygen atoms in total. The quantitative estimate of drug-likeness (QED) is 0.458. The fourth-order valence-corrected chi connectivity index (χ4v) is 6.27. The number of hydrogen-bond donors (Lipinski definition) is 0. The molecule has 186 valence electrons. The number of hydrogen-bond acceptors (Lipinski definition) is 5. The molecule has 0 saturated heterocycles. The molecule has 0 aromatic heterocycles. The zero-order valence-corrected chi connectivity index (χ0v) is 21.2. The number of carbonyl (C=O) groups excluding carboxylic acids is 2. The molecule has 1 heterocycles. The number of fused-ring (bicyclic) bond motifs is 1. The van der Waals surface area contributed by atoms with E-state index in [1.54, 1.807) is 12.1 Å². The first-order valence-corrected chi connectivity index (χ1v) is 14.0. The Labute approximate surface area is 212 Å². The van der Waals surface area contributed by atoms with Crippen molar-refractivity contribution < 1.29 is 18.0 Å². The Morgan fingerprint density at radius 2 is 1.56 bits per heavy atom. The minimum atomic E-state index is -3.92. The maximum absolute atomic E-state index is 14.3. The molecule has 1 saturated carbocycles. The number of anilines is 1. The Balaban J connectivity index is 1.56. The second-order valence-corrected chi connectivity index (χ2v) is 11.6. The van der Waals surface area contributed by atoms with E-state index in [0.717, 1.165) is 40.1 Å². The van der Waals surface area contributed by atoms with Gasteiger partial charge in [0.1, 0.15) is 11.9 Å². The van der Waals surface area contributed by atoms with Crippen molar-refractivity contribution in [3.63, 3.8) is 0 Å². The smallest absolute Gasteiger partial charge is 0.257 e. The monoisotopic (exact) mass is 502 g/mol. The van der Waals surface area contributed by atoms with Crippen LogP contribution < -0.4 is 4.90 Å². The van der Waals surface area contributed by atoms with E-state index >= 15 is 0 Å². The molecule has 1 fully saturated rings. The van der Waals surface area contributed by atoms with Crippen LogP contribution in [0.5, 0.6) is 0 Å². The van der Waals surface area contributed by atoms with Gasteiger partial charge < -0.3 is 4.90 Å². The predicted molar refractivity (Wildman–Crippen MR) is 139 cm³/mol. The third kappa shape index (κ3) is 4.67. The summed E-state index contributed by atoms with van der Waals surface area (Å²) in [7, 11) is -3.92. The lowest BCUT2D eigenvalue weighted by Crippen LogP contribution is -2.52. The number of sulfone groups is 1. The van der Waals surface area contributed by atoms with Crippen molar-refractivity contribution in [2.75, 3.05) is 17.3 Å². The van der Waals surface area contributed by atoms with Gasteiger partial charge in [-0.25, -0.2) is 8.42 Å². The summed E-state index contributed by atoms with van der Waals surface area (Å²) in [6.45, 7) is 2.47. The number of carbonyl (C=O) groups is 2. The zero-order valence-electron chi connectivity index (χ0n) is 20.3. The first-order valence-electron chi connectivity index (χ1n) is 12.4. The SMILES string of the molecule is Cc1ccc(S(=O)(=O)CN(C(=O)C2CCC2)C(=O)C2c3ccccc3CCN2c2ccccc2)cc1. The number of amides is 2. The summed E-state index contributed by atoms with van der Waals surface area (Å²) in [6, 6.07) is 23.1. The first-order chi connectivity index (χ1) is 17.3. The lowest BCUT2D eigenvalue weighted by molar-refractivity contribution is -0.149. The van der Waals surface area contributed by atoms with Crippen LogP contribution >= 0.6 is 0 Å². The lowest BCUT2D eigenvalue weighted by atomic mass is 9.84. The number of para-hydroxylation sites is 1. The van der Waals surface area contributed by atoms with Crippen LogP contribution in [0.25, 0.3) is 0 Å². The number of aryl methyl sites for hydroxylation is 1. The summed E-state index contributed by atoms with van der Waals surface area (Å²) in [5.74, 6) is -1.85. The maximum atomic E-state index is 14.3. The Bertz CT molecular complexity index is 1370. The normalized spacial score (nSPS) is 17.7. The highest BCUT2D eigenvalue weighted by Crippen LogP contribution is 2.37. The number of rotatable bonds is 6. The molecule has 1 unspecified atom stereocenters. The largest absolute Gasteiger partial charge is 0.356 e. The van der Waals surface area contributed by atoms with Gasteiger partial charge in [0.15, 0.2) is 9.84 Å². The Morgan fingerprint density at radius 1 is 0.889 bits per heavy atom. The molecule has 2 aliphatic rings.